The minimum atomic E-state index is 0.899. The summed E-state index contributed by atoms with van der Waals surface area (Å²) >= 11 is 0. The second kappa shape index (κ2) is 13.4. The van der Waals surface area contributed by atoms with Crippen LogP contribution in [0.1, 0.15) is 66.2 Å². The maximum Gasteiger partial charge on any atom is 0.000934 e. The molecule has 0 aromatic rings. The number of nitrogens with one attached hydrogen (secondary N) is 1. The van der Waals surface area contributed by atoms with Gasteiger partial charge in [-0.25, -0.2) is 0 Å². The molecule has 0 aromatic heterocycles. The summed E-state index contributed by atoms with van der Waals surface area (Å²) in [5.41, 5.74) is 0. The summed E-state index contributed by atoms with van der Waals surface area (Å²) in [6.07, 6.45) is 7.97. The summed E-state index contributed by atoms with van der Waals surface area (Å²) in [7, 11) is 0. The lowest BCUT2D eigenvalue weighted by molar-refractivity contribution is 0.229. The van der Waals surface area contributed by atoms with E-state index in [4.69, 9.17) is 0 Å². The minimum Gasteiger partial charge on any atom is -0.317 e. The van der Waals surface area contributed by atoms with Gasteiger partial charge in [0.15, 0.2) is 0 Å². The Morgan fingerprint density at radius 2 is 1.61 bits per heavy atom. The van der Waals surface area contributed by atoms with E-state index in [0.717, 1.165) is 5.92 Å². The Kier molecular flexibility index (Phi) is 13.3. The summed E-state index contributed by atoms with van der Waals surface area (Å²) in [6.45, 7) is 15.4. The van der Waals surface area contributed by atoms with Crippen LogP contribution < -0.4 is 5.32 Å². The van der Waals surface area contributed by atoms with E-state index < -0.39 is 0 Å². The van der Waals surface area contributed by atoms with Gasteiger partial charge >= 0.3 is 0 Å². The van der Waals surface area contributed by atoms with E-state index >= 15 is 0 Å². The van der Waals surface area contributed by atoms with Gasteiger partial charge in [0.05, 0.1) is 0 Å². The maximum absolute atomic E-state index is 3.47. The van der Waals surface area contributed by atoms with Gasteiger partial charge in [0.2, 0.25) is 0 Å². The molecular formula is C16H36N2. The number of rotatable bonds is 13. The number of hydrogen-bond donors (Lipinski definition) is 1. The molecule has 0 bridgehead atoms. The first-order chi connectivity index (χ1) is 8.78. The second-order valence-electron chi connectivity index (χ2n) is 5.39. The standard InChI is InChI=1S/C16H36N2/c1-5-12-17-13-10-9-11-14-18(8-4)15-16(6-2)7-3/h16-17H,5-15H2,1-4H3. The highest BCUT2D eigenvalue weighted by Crippen LogP contribution is 2.10. The van der Waals surface area contributed by atoms with Crippen molar-refractivity contribution in [2.75, 3.05) is 32.7 Å². The van der Waals surface area contributed by atoms with Crippen LogP contribution in [0, 0.1) is 5.92 Å². The smallest absolute Gasteiger partial charge is 0.000934 e. The topological polar surface area (TPSA) is 15.3 Å². The van der Waals surface area contributed by atoms with Gasteiger partial charge in [-0.05, 0) is 51.4 Å². The molecule has 0 aliphatic rings. The van der Waals surface area contributed by atoms with E-state index in [1.165, 1.54) is 71.2 Å². The molecule has 110 valence electrons. The van der Waals surface area contributed by atoms with Crippen LogP contribution in [0.4, 0.5) is 0 Å². The average Bonchev–Trinajstić information content (AvgIpc) is 2.41. The van der Waals surface area contributed by atoms with E-state index in [2.05, 4.69) is 37.9 Å². The lowest BCUT2D eigenvalue weighted by Crippen LogP contribution is -2.30. The first kappa shape index (κ1) is 17.9. The summed E-state index contributed by atoms with van der Waals surface area (Å²) in [5, 5.41) is 3.47. The quantitative estimate of drug-likeness (QED) is 0.503. The zero-order chi connectivity index (χ0) is 13.6. The Labute approximate surface area is 116 Å². The number of nitrogens with zero attached hydrogens (tertiary/aromatic N) is 1. The van der Waals surface area contributed by atoms with Crippen LogP contribution in [0.3, 0.4) is 0 Å². The Morgan fingerprint density at radius 3 is 2.17 bits per heavy atom. The van der Waals surface area contributed by atoms with E-state index in [0.29, 0.717) is 0 Å². The van der Waals surface area contributed by atoms with Crippen molar-refractivity contribution < 1.29 is 0 Å². The molecule has 18 heavy (non-hydrogen) atoms. The molecule has 0 amide bonds. The molecule has 0 heterocycles. The Bertz CT molecular complexity index is 155. The molecule has 0 fully saturated rings. The van der Waals surface area contributed by atoms with Gasteiger partial charge in [-0.1, -0.05) is 47.0 Å². The van der Waals surface area contributed by atoms with Gasteiger partial charge in [-0.15, -0.1) is 0 Å². The predicted octanol–water partition coefficient (Wildman–Crippen LogP) is 3.91. The highest BCUT2D eigenvalue weighted by molar-refractivity contribution is 4.63. The molecule has 0 spiro atoms. The normalized spacial score (nSPS) is 11.7. The molecule has 2 heteroatoms. The molecule has 1 N–H and O–H groups in total. The molecule has 2 nitrogen and oxygen atoms in total. The second-order valence-corrected chi connectivity index (χ2v) is 5.39. The first-order valence-electron chi connectivity index (χ1n) is 8.21. The van der Waals surface area contributed by atoms with Crippen molar-refractivity contribution in [3.8, 4) is 0 Å². The fourth-order valence-corrected chi connectivity index (χ4v) is 2.35. The number of unbranched alkanes of at least 4 members (excludes halogenated alkanes) is 2. The van der Waals surface area contributed by atoms with Crippen LogP contribution >= 0.6 is 0 Å². The zero-order valence-corrected chi connectivity index (χ0v) is 13.3. The van der Waals surface area contributed by atoms with Crippen LogP contribution in [-0.2, 0) is 0 Å². The lowest BCUT2D eigenvalue weighted by atomic mass is 10.0. The summed E-state index contributed by atoms with van der Waals surface area (Å²) in [6, 6.07) is 0. The highest BCUT2D eigenvalue weighted by Gasteiger charge is 2.09. The van der Waals surface area contributed by atoms with Crippen LogP contribution in [-0.4, -0.2) is 37.6 Å². The summed E-state index contributed by atoms with van der Waals surface area (Å²) in [4.78, 5) is 2.64. The third-order valence-electron chi connectivity index (χ3n) is 3.87. The third-order valence-corrected chi connectivity index (χ3v) is 3.87. The Hall–Kier alpha value is -0.0800. The average molecular weight is 256 g/mol. The number of hydrogen-bond acceptors (Lipinski definition) is 2. The van der Waals surface area contributed by atoms with E-state index in [1.54, 1.807) is 0 Å². The lowest BCUT2D eigenvalue weighted by Gasteiger charge is -2.25. The molecule has 0 saturated carbocycles. The summed E-state index contributed by atoms with van der Waals surface area (Å²) in [5.74, 6) is 0.899. The molecule has 0 aliphatic heterocycles. The van der Waals surface area contributed by atoms with Gasteiger partial charge in [0.25, 0.3) is 0 Å². The van der Waals surface area contributed by atoms with Crippen molar-refractivity contribution in [1.29, 1.82) is 0 Å². The van der Waals surface area contributed by atoms with Crippen molar-refractivity contribution in [1.82, 2.24) is 10.2 Å². The molecular weight excluding hydrogens is 220 g/mol. The fourth-order valence-electron chi connectivity index (χ4n) is 2.35. The van der Waals surface area contributed by atoms with Crippen molar-refractivity contribution >= 4 is 0 Å². The van der Waals surface area contributed by atoms with Gasteiger partial charge in [-0.3, -0.25) is 0 Å². The van der Waals surface area contributed by atoms with Gasteiger partial charge < -0.3 is 10.2 Å². The third kappa shape index (κ3) is 9.90. The predicted molar refractivity (Wildman–Crippen MR) is 83.2 cm³/mol. The van der Waals surface area contributed by atoms with E-state index in [9.17, 15) is 0 Å². The monoisotopic (exact) mass is 256 g/mol. The largest absolute Gasteiger partial charge is 0.317 e. The van der Waals surface area contributed by atoms with Gasteiger partial charge in [0, 0.05) is 6.54 Å². The fraction of sp³-hybridized carbons (Fsp3) is 1.00. The highest BCUT2D eigenvalue weighted by atomic mass is 15.1. The van der Waals surface area contributed by atoms with Crippen LogP contribution in [0.5, 0.6) is 0 Å². The maximum atomic E-state index is 3.47. The van der Waals surface area contributed by atoms with Crippen LogP contribution in [0.25, 0.3) is 0 Å². The van der Waals surface area contributed by atoms with Gasteiger partial charge in [0.1, 0.15) is 0 Å². The zero-order valence-electron chi connectivity index (χ0n) is 13.3. The van der Waals surface area contributed by atoms with E-state index in [1.807, 2.05) is 0 Å². The summed E-state index contributed by atoms with van der Waals surface area (Å²) < 4.78 is 0. The van der Waals surface area contributed by atoms with Crippen LogP contribution in [0.2, 0.25) is 0 Å². The first-order valence-corrected chi connectivity index (χ1v) is 8.21. The SMILES string of the molecule is CCCNCCCCCN(CC)CC(CC)CC. The van der Waals surface area contributed by atoms with Crippen LogP contribution in [0.15, 0.2) is 0 Å². The Morgan fingerprint density at radius 1 is 0.889 bits per heavy atom. The van der Waals surface area contributed by atoms with Crippen molar-refractivity contribution in [3.05, 3.63) is 0 Å². The molecule has 0 aliphatic carbocycles. The minimum absolute atomic E-state index is 0.899. The molecule has 0 rings (SSSR count). The van der Waals surface area contributed by atoms with Gasteiger partial charge in [-0.2, -0.15) is 0 Å². The molecule has 0 aromatic carbocycles. The molecule has 0 saturated heterocycles. The van der Waals surface area contributed by atoms with E-state index in [-0.39, 0.29) is 0 Å². The molecule has 0 radical (unpaired) electrons. The molecule has 0 unspecified atom stereocenters. The van der Waals surface area contributed by atoms with Crippen molar-refractivity contribution in [2.45, 2.75) is 66.2 Å². The molecule has 0 atom stereocenters. The Balaban J connectivity index is 3.49. The van der Waals surface area contributed by atoms with Crippen molar-refractivity contribution in [3.63, 3.8) is 0 Å². The van der Waals surface area contributed by atoms with Crippen molar-refractivity contribution in [2.24, 2.45) is 5.92 Å².